The second-order valence-electron chi connectivity index (χ2n) is 8.83. The molecule has 4 rings (SSSR count). The number of alkyl halides is 3. The van der Waals surface area contributed by atoms with Gasteiger partial charge in [0.15, 0.2) is 0 Å². The summed E-state index contributed by atoms with van der Waals surface area (Å²) in [4.78, 5) is 50.3. The summed E-state index contributed by atoms with van der Waals surface area (Å²) in [6, 6.07) is 1.17. The van der Waals surface area contributed by atoms with Crippen LogP contribution in [0.3, 0.4) is 0 Å². The Hall–Kier alpha value is -2.95. The lowest BCUT2D eigenvalue weighted by atomic mass is 9.82. The minimum absolute atomic E-state index is 0.0169. The molecule has 1 aromatic rings. The van der Waals surface area contributed by atoms with Crippen LogP contribution >= 0.6 is 0 Å². The first-order chi connectivity index (χ1) is 15.5. The first-order valence-electron chi connectivity index (χ1n) is 10.9. The van der Waals surface area contributed by atoms with Crippen molar-refractivity contribution in [1.82, 2.24) is 15.5 Å². The summed E-state index contributed by atoms with van der Waals surface area (Å²) in [6.45, 7) is 0.0186. The molecule has 0 unspecified atom stereocenters. The Morgan fingerprint density at radius 2 is 1.82 bits per heavy atom. The lowest BCUT2D eigenvalue weighted by Gasteiger charge is -2.33. The summed E-state index contributed by atoms with van der Waals surface area (Å²) in [5.41, 5.74) is 0.684. The standard InChI is InChI=1S/C22H24F3N3O5/c23-22(24,25)18(11-1-4-14(29)5-2-11)27-19(31)12-3-6-15-13(9-12)10-28(21(15)33)16-7-8-17(30)26-20(16)32/h3,6,9,11,14,16,18,29H,1-2,4-5,7-8,10H2,(H,27,31)(H,26,30,32)/t11?,14?,16-,18-/m1/s1. The average Bonchev–Trinajstić information content (AvgIpc) is 3.07. The third-order valence-corrected chi connectivity index (χ3v) is 6.64. The predicted molar refractivity (Wildman–Crippen MR) is 108 cm³/mol. The number of amides is 4. The van der Waals surface area contributed by atoms with E-state index in [2.05, 4.69) is 10.6 Å². The number of nitrogens with one attached hydrogen (secondary N) is 2. The number of imide groups is 1. The SMILES string of the molecule is O=C1CC[C@@H](N2Cc3cc(C(=O)N[C@H](C4CCC(O)CC4)C(F)(F)F)ccc3C2=O)C(=O)N1. The monoisotopic (exact) mass is 467 g/mol. The van der Waals surface area contributed by atoms with Crippen molar-refractivity contribution in [3.63, 3.8) is 0 Å². The third-order valence-electron chi connectivity index (χ3n) is 6.64. The maximum atomic E-state index is 13.7. The van der Waals surface area contributed by atoms with Gasteiger partial charge in [0, 0.05) is 24.1 Å². The molecule has 1 saturated heterocycles. The van der Waals surface area contributed by atoms with Gasteiger partial charge in [-0.3, -0.25) is 24.5 Å². The van der Waals surface area contributed by atoms with Gasteiger partial charge < -0.3 is 15.3 Å². The van der Waals surface area contributed by atoms with Crippen molar-refractivity contribution in [1.29, 1.82) is 0 Å². The Morgan fingerprint density at radius 3 is 2.45 bits per heavy atom. The van der Waals surface area contributed by atoms with Gasteiger partial charge in [-0.05, 0) is 61.8 Å². The molecule has 0 aromatic heterocycles. The van der Waals surface area contributed by atoms with Crippen LogP contribution in [0.15, 0.2) is 18.2 Å². The third kappa shape index (κ3) is 4.73. The first kappa shape index (κ1) is 23.2. The minimum Gasteiger partial charge on any atom is -0.393 e. The molecular formula is C22H24F3N3O5. The molecule has 1 aliphatic carbocycles. The molecule has 2 fully saturated rings. The van der Waals surface area contributed by atoms with Crippen LogP contribution < -0.4 is 10.6 Å². The average molecular weight is 467 g/mol. The largest absolute Gasteiger partial charge is 0.408 e. The van der Waals surface area contributed by atoms with Gasteiger partial charge in [0.1, 0.15) is 12.1 Å². The van der Waals surface area contributed by atoms with E-state index in [0.717, 1.165) is 0 Å². The predicted octanol–water partition coefficient (Wildman–Crippen LogP) is 1.66. The Labute approximate surface area is 187 Å². The molecule has 3 aliphatic rings. The number of aliphatic hydroxyl groups is 1. The number of hydrogen-bond donors (Lipinski definition) is 3. The number of rotatable bonds is 4. The van der Waals surface area contributed by atoms with Crippen molar-refractivity contribution in [2.45, 2.75) is 69.4 Å². The molecule has 2 atom stereocenters. The van der Waals surface area contributed by atoms with Gasteiger partial charge in [-0.2, -0.15) is 13.2 Å². The van der Waals surface area contributed by atoms with Gasteiger partial charge in [-0.15, -0.1) is 0 Å². The van der Waals surface area contributed by atoms with Crippen molar-refractivity contribution in [2.75, 3.05) is 0 Å². The highest BCUT2D eigenvalue weighted by atomic mass is 19.4. The van der Waals surface area contributed by atoms with Gasteiger partial charge in [0.25, 0.3) is 11.8 Å². The van der Waals surface area contributed by atoms with E-state index in [1.165, 1.54) is 23.1 Å². The Bertz CT molecular complexity index is 988. The zero-order valence-electron chi connectivity index (χ0n) is 17.7. The quantitative estimate of drug-likeness (QED) is 0.583. The fourth-order valence-electron chi connectivity index (χ4n) is 4.84. The van der Waals surface area contributed by atoms with E-state index in [4.69, 9.17) is 0 Å². The second kappa shape index (κ2) is 8.77. The molecule has 8 nitrogen and oxygen atoms in total. The van der Waals surface area contributed by atoms with Gasteiger partial charge in [0.2, 0.25) is 11.8 Å². The van der Waals surface area contributed by atoms with Crippen LogP contribution in [-0.2, 0) is 16.1 Å². The summed E-state index contributed by atoms with van der Waals surface area (Å²) < 4.78 is 41.0. The summed E-state index contributed by atoms with van der Waals surface area (Å²) >= 11 is 0. The Kier molecular flexibility index (Phi) is 6.17. The highest BCUT2D eigenvalue weighted by Crippen LogP contribution is 2.35. The number of piperidine rings is 1. The number of aliphatic hydroxyl groups excluding tert-OH is 1. The van der Waals surface area contributed by atoms with Crippen LogP contribution in [0.1, 0.15) is 64.8 Å². The van der Waals surface area contributed by atoms with Crippen molar-refractivity contribution in [2.24, 2.45) is 5.92 Å². The fraction of sp³-hybridized carbons (Fsp3) is 0.545. The Morgan fingerprint density at radius 1 is 1.12 bits per heavy atom. The maximum absolute atomic E-state index is 13.7. The maximum Gasteiger partial charge on any atom is 0.408 e. The van der Waals surface area contributed by atoms with E-state index in [1.54, 1.807) is 0 Å². The van der Waals surface area contributed by atoms with E-state index < -0.39 is 53.9 Å². The topological polar surface area (TPSA) is 116 Å². The van der Waals surface area contributed by atoms with E-state index >= 15 is 0 Å². The number of nitrogens with zero attached hydrogens (tertiary/aromatic N) is 1. The lowest BCUT2D eigenvalue weighted by molar-refractivity contribution is -0.169. The van der Waals surface area contributed by atoms with Crippen LogP contribution in [0.2, 0.25) is 0 Å². The number of hydrogen-bond acceptors (Lipinski definition) is 5. The van der Waals surface area contributed by atoms with Crippen LogP contribution in [0, 0.1) is 5.92 Å². The molecule has 178 valence electrons. The van der Waals surface area contributed by atoms with Gasteiger partial charge in [-0.1, -0.05) is 0 Å². The van der Waals surface area contributed by atoms with Crippen LogP contribution in [0.25, 0.3) is 0 Å². The summed E-state index contributed by atoms with van der Waals surface area (Å²) in [5, 5.41) is 13.9. The normalized spacial score (nSPS) is 26.6. The highest BCUT2D eigenvalue weighted by Gasteiger charge is 2.46. The van der Waals surface area contributed by atoms with Gasteiger partial charge in [0.05, 0.1) is 6.10 Å². The van der Waals surface area contributed by atoms with Crippen molar-refractivity contribution in [3.05, 3.63) is 34.9 Å². The molecule has 0 bridgehead atoms. The van der Waals surface area contributed by atoms with E-state index in [1.807, 2.05) is 0 Å². The van der Waals surface area contributed by atoms with Crippen LogP contribution in [0.4, 0.5) is 13.2 Å². The first-order valence-corrected chi connectivity index (χ1v) is 10.9. The number of halogens is 3. The molecule has 2 aliphatic heterocycles. The molecule has 4 amide bonds. The smallest absolute Gasteiger partial charge is 0.393 e. The van der Waals surface area contributed by atoms with Crippen molar-refractivity contribution >= 4 is 23.6 Å². The molecule has 0 spiro atoms. The Balaban J connectivity index is 1.49. The van der Waals surface area contributed by atoms with Crippen molar-refractivity contribution in [3.8, 4) is 0 Å². The van der Waals surface area contributed by atoms with Crippen LogP contribution in [-0.4, -0.2) is 58.0 Å². The molecule has 0 radical (unpaired) electrons. The summed E-state index contributed by atoms with van der Waals surface area (Å²) in [7, 11) is 0. The van der Waals surface area contributed by atoms with Gasteiger partial charge >= 0.3 is 6.18 Å². The van der Waals surface area contributed by atoms with E-state index in [0.29, 0.717) is 5.56 Å². The van der Waals surface area contributed by atoms with Crippen molar-refractivity contribution < 1.29 is 37.5 Å². The second-order valence-corrected chi connectivity index (χ2v) is 8.83. The van der Waals surface area contributed by atoms with E-state index in [-0.39, 0.29) is 56.2 Å². The molecule has 11 heteroatoms. The number of fused-ring (bicyclic) bond motifs is 1. The van der Waals surface area contributed by atoms with Gasteiger partial charge in [-0.25, -0.2) is 0 Å². The summed E-state index contributed by atoms with van der Waals surface area (Å²) in [5.74, 6) is -3.14. The van der Waals surface area contributed by atoms with Crippen LogP contribution in [0.5, 0.6) is 0 Å². The molecule has 2 heterocycles. The number of benzene rings is 1. The molecule has 1 aromatic carbocycles. The summed E-state index contributed by atoms with van der Waals surface area (Å²) in [6.07, 6.45) is -4.15. The fourth-order valence-corrected chi connectivity index (χ4v) is 4.84. The zero-order valence-corrected chi connectivity index (χ0v) is 17.7. The molecule has 33 heavy (non-hydrogen) atoms. The molecule has 1 saturated carbocycles. The highest BCUT2D eigenvalue weighted by molar-refractivity contribution is 6.06. The minimum atomic E-state index is -4.64. The number of carbonyl (C=O) groups is 4. The zero-order chi connectivity index (χ0) is 23.9. The lowest BCUT2D eigenvalue weighted by Crippen LogP contribution is -2.52. The van der Waals surface area contributed by atoms with E-state index in [9.17, 15) is 37.5 Å². The molecular weight excluding hydrogens is 443 g/mol. The molecule has 3 N–H and O–H groups in total. The number of carbonyl (C=O) groups excluding carboxylic acids is 4.